The van der Waals surface area contributed by atoms with Crippen molar-refractivity contribution in [1.29, 1.82) is 0 Å². The molecule has 0 aliphatic heterocycles. The summed E-state index contributed by atoms with van der Waals surface area (Å²) in [5, 5.41) is 0.657. The zero-order chi connectivity index (χ0) is 9.68. The van der Waals surface area contributed by atoms with Gasteiger partial charge >= 0.3 is 0 Å². The van der Waals surface area contributed by atoms with E-state index in [4.69, 9.17) is 16.3 Å². The van der Waals surface area contributed by atoms with E-state index >= 15 is 0 Å². The second kappa shape index (κ2) is 5.78. The quantitative estimate of drug-likeness (QED) is 0.776. The Morgan fingerprint density at radius 2 is 2.31 bits per heavy atom. The Hall–Kier alpha value is 0.140. The van der Waals surface area contributed by atoms with E-state index in [0.717, 1.165) is 16.0 Å². The van der Waals surface area contributed by atoms with Gasteiger partial charge in [0, 0.05) is 10.2 Å². The maximum Gasteiger partial charge on any atom is 0.139 e. The fourth-order valence-electron chi connectivity index (χ4n) is 0.823. The van der Waals surface area contributed by atoms with Gasteiger partial charge in [-0.1, -0.05) is 27.5 Å². The van der Waals surface area contributed by atoms with Crippen LogP contribution in [0.5, 0.6) is 5.75 Å². The molecule has 0 spiro atoms. The Morgan fingerprint density at radius 1 is 1.54 bits per heavy atom. The van der Waals surface area contributed by atoms with Crippen LogP contribution in [0.3, 0.4) is 0 Å². The number of hydrogen-bond acceptors (Lipinski definition) is 2. The summed E-state index contributed by atoms with van der Waals surface area (Å²) in [6.45, 7) is 0.692. The van der Waals surface area contributed by atoms with Gasteiger partial charge in [-0.05, 0) is 24.5 Å². The molecule has 0 saturated heterocycles. The second-order valence-electron chi connectivity index (χ2n) is 2.42. The highest BCUT2D eigenvalue weighted by Gasteiger charge is 2.01. The molecule has 0 radical (unpaired) electrons. The number of rotatable bonds is 4. The molecule has 1 aromatic carbocycles. The van der Waals surface area contributed by atoms with Crippen molar-refractivity contribution in [2.75, 3.05) is 18.6 Å². The molecular formula is C9H10BrClOS. The molecular weight excluding hydrogens is 272 g/mol. The van der Waals surface area contributed by atoms with E-state index in [1.165, 1.54) is 0 Å². The molecule has 72 valence electrons. The first-order chi connectivity index (χ1) is 6.24. The van der Waals surface area contributed by atoms with Crippen molar-refractivity contribution in [3.05, 3.63) is 27.7 Å². The number of benzene rings is 1. The highest BCUT2D eigenvalue weighted by Crippen LogP contribution is 2.27. The highest BCUT2D eigenvalue weighted by molar-refractivity contribution is 9.10. The van der Waals surface area contributed by atoms with E-state index in [-0.39, 0.29) is 0 Å². The standard InChI is InChI=1S/C9H10BrClOS/c1-13-5-4-12-9-6-7(10)2-3-8(9)11/h2-3,6H,4-5H2,1H3. The molecule has 0 heterocycles. The van der Waals surface area contributed by atoms with Gasteiger partial charge in [-0.15, -0.1) is 0 Å². The summed E-state index contributed by atoms with van der Waals surface area (Å²) in [6.07, 6.45) is 2.05. The topological polar surface area (TPSA) is 9.23 Å². The predicted octanol–water partition coefficient (Wildman–Crippen LogP) is 3.84. The SMILES string of the molecule is CSCCOc1cc(Br)ccc1Cl. The van der Waals surface area contributed by atoms with Gasteiger partial charge in [-0.3, -0.25) is 0 Å². The summed E-state index contributed by atoms with van der Waals surface area (Å²) in [5.41, 5.74) is 0. The van der Waals surface area contributed by atoms with Crippen LogP contribution in [0.15, 0.2) is 22.7 Å². The van der Waals surface area contributed by atoms with Crippen molar-refractivity contribution in [3.63, 3.8) is 0 Å². The van der Waals surface area contributed by atoms with Gasteiger partial charge in [0.05, 0.1) is 11.6 Å². The zero-order valence-electron chi connectivity index (χ0n) is 7.22. The summed E-state index contributed by atoms with van der Waals surface area (Å²) < 4.78 is 6.46. The van der Waals surface area contributed by atoms with E-state index in [1.54, 1.807) is 11.8 Å². The fraction of sp³-hybridized carbons (Fsp3) is 0.333. The molecule has 13 heavy (non-hydrogen) atoms. The fourth-order valence-corrected chi connectivity index (χ4v) is 1.58. The van der Waals surface area contributed by atoms with Gasteiger partial charge in [0.2, 0.25) is 0 Å². The lowest BCUT2D eigenvalue weighted by Gasteiger charge is -2.06. The first-order valence-electron chi connectivity index (χ1n) is 3.81. The Bertz CT molecular complexity index is 280. The maximum atomic E-state index is 5.92. The van der Waals surface area contributed by atoms with Gasteiger partial charge in [-0.25, -0.2) is 0 Å². The number of ether oxygens (including phenoxy) is 1. The summed E-state index contributed by atoms with van der Waals surface area (Å²) in [6, 6.07) is 5.59. The molecule has 0 aromatic heterocycles. The summed E-state index contributed by atoms with van der Waals surface area (Å²) in [4.78, 5) is 0. The van der Waals surface area contributed by atoms with Crippen molar-refractivity contribution in [2.45, 2.75) is 0 Å². The molecule has 0 N–H and O–H groups in total. The van der Waals surface area contributed by atoms with Crippen LogP contribution in [-0.2, 0) is 0 Å². The lowest BCUT2D eigenvalue weighted by atomic mass is 10.3. The Kier molecular flexibility index (Phi) is 4.99. The van der Waals surface area contributed by atoms with E-state index in [1.807, 2.05) is 24.5 Å². The molecule has 1 rings (SSSR count). The van der Waals surface area contributed by atoms with Crippen molar-refractivity contribution in [3.8, 4) is 5.75 Å². The van der Waals surface area contributed by atoms with Crippen molar-refractivity contribution in [2.24, 2.45) is 0 Å². The Morgan fingerprint density at radius 3 is 3.00 bits per heavy atom. The molecule has 0 saturated carbocycles. The van der Waals surface area contributed by atoms with Crippen LogP contribution in [-0.4, -0.2) is 18.6 Å². The van der Waals surface area contributed by atoms with Crippen molar-refractivity contribution < 1.29 is 4.74 Å². The minimum absolute atomic E-state index is 0.657. The largest absolute Gasteiger partial charge is 0.491 e. The van der Waals surface area contributed by atoms with Crippen LogP contribution in [0.1, 0.15) is 0 Å². The van der Waals surface area contributed by atoms with Crippen LogP contribution < -0.4 is 4.74 Å². The smallest absolute Gasteiger partial charge is 0.139 e. The van der Waals surface area contributed by atoms with E-state index in [0.29, 0.717) is 11.6 Å². The van der Waals surface area contributed by atoms with E-state index < -0.39 is 0 Å². The number of halogens is 2. The molecule has 0 atom stereocenters. The van der Waals surface area contributed by atoms with Gasteiger partial charge in [0.1, 0.15) is 5.75 Å². The van der Waals surface area contributed by atoms with Crippen molar-refractivity contribution in [1.82, 2.24) is 0 Å². The lowest BCUT2D eigenvalue weighted by molar-refractivity contribution is 0.344. The molecule has 1 aromatic rings. The monoisotopic (exact) mass is 280 g/mol. The average molecular weight is 282 g/mol. The Labute approximate surface area is 95.9 Å². The first-order valence-corrected chi connectivity index (χ1v) is 6.37. The lowest BCUT2D eigenvalue weighted by Crippen LogP contribution is -1.99. The number of thioether (sulfide) groups is 1. The molecule has 1 nitrogen and oxygen atoms in total. The molecule has 0 aliphatic carbocycles. The maximum absolute atomic E-state index is 5.92. The van der Waals surface area contributed by atoms with Gasteiger partial charge in [-0.2, -0.15) is 11.8 Å². The van der Waals surface area contributed by atoms with Crippen molar-refractivity contribution >= 4 is 39.3 Å². The molecule has 0 bridgehead atoms. The molecule has 0 aliphatic rings. The molecule has 0 amide bonds. The minimum atomic E-state index is 0.657. The van der Waals surface area contributed by atoms with Crippen LogP contribution in [0.4, 0.5) is 0 Å². The minimum Gasteiger partial charge on any atom is -0.491 e. The van der Waals surface area contributed by atoms with Gasteiger partial charge < -0.3 is 4.74 Å². The molecule has 4 heteroatoms. The zero-order valence-corrected chi connectivity index (χ0v) is 10.4. The van der Waals surface area contributed by atoms with Crippen LogP contribution in [0.25, 0.3) is 0 Å². The Balaban J connectivity index is 2.59. The van der Waals surface area contributed by atoms with Gasteiger partial charge in [0.15, 0.2) is 0 Å². The molecule has 0 fully saturated rings. The summed E-state index contributed by atoms with van der Waals surface area (Å²) >= 11 is 11.0. The third kappa shape index (κ3) is 3.79. The normalized spacial score (nSPS) is 10.1. The van der Waals surface area contributed by atoms with Crippen LogP contribution in [0, 0.1) is 0 Å². The number of hydrogen-bond donors (Lipinski definition) is 0. The summed E-state index contributed by atoms with van der Waals surface area (Å²) in [5.74, 6) is 1.72. The van der Waals surface area contributed by atoms with Gasteiger partial charge in [0.25, 0.3) is 0 Å². The first kappa shape index (κ1) is 11.2. The third-order valence-electron chi connectivity index (χ3n) is 1.44. The third-order valence-corrected chi connectivity index (χ3v) is 2.82. The highest BCUT2D eigenvalue weighted by atomic mass is 79.9. The average Bonchev–Trinajstić information content (AvgIpc) is 2.11. The van der Waals surface area contributed by atoms with Crippen LogP contribution >= 0.6 is 39.3 Å². The summed E-state index contributed by atoms with van der Waals surface area (Å²) in [7, 11) is 0. The second-order valence-corrected chi connectivity index (χ2v) is 4.72. The molecule has 0 unspecified atom stereocenters. The van der Waals surface area contributed by atoms with Crippen LogP contribution in [0.2, 0.25) is 5.02 Å². The van der Waals surface area contributed by atoms with E-state index in [9.17, 15) is 0 Å². The predicted molar refractivity (Wildman–Crippen MR) is 63.0 cm³/mol. The van der Waals surface area contributed by atoms with E-state index in [2.05, 4.69) is 15.9 Å².